The van der Waals surface area contributed by atoms with Gasteiger partial charge in [-0.1, -0.05) is 23.8 Å². The van der Waals surface area contributed by atoms with E-state index in [0.717, 1.165) is 22.9 Å². The summed E-state index contributed by atoms with van der Waals surface area (Å²) in [6, 6.07) is 6.42. The minimum atomic E-state index is 0.622. The monoisotopic (exact) mass is 241 g/mol. The molecule has 3 rings (SSSR count). The lowest BCUT2D eigenvalue weighted by Gasteiger charge is -2.05. The topological polar surface area (TPSA) is 43.8 Å². The zero-order valence-electron chi connectivity index (χ0n) is 11.2. The number of nitrogens with two attached hydrogens (primary N) is 1. The maximum absolute atomic E-state index is 6.21. The van der Waals surface area contributed by atoms with Crippen LogP contribution in [0.3, 0.4) is 0 Å². The average Bonchev–Trinajstić information content (AvgIpc) is 3.11. The van der Waals surface area contributed by atoms with Gasteiger partial charge in [0, 0.05) is 18.5 Å². The lowest BCUT2D eigenvalue weighted by atomic mass is 10.0. The Balaban J connectivity index is 2.13. The number of hydrogen-bond donors (Lipinski definition) is 1. The normalized spacial score (nSPS) is 15.1. The molecule has 3 heteroatoms. The third kappa shape index (κ3) is 1.70. The van der Waals surface area contributed by atoms with Crippen LogP contribution in [0.4, 0.5) is 5.82 Å². The third-order valence-electron chi connectivity index (χ3n) is 3.75. The summed E-state index contributed by atoms with van der Waals surface area (Å²) in [5, 5.41) is 0. The summed E-state index contributed by atoms with van der Waals surface area (Å²) in [4.78, 5) is 4.77. The van der Waals surface area contributed by atoms with E-state index in [0.29, 0.717) is 5.92 Å². The summed E-state index contributed by atoms with van der Waals surface area (Å²) in [6.07, 6.45) is 2.49. The second kappa shape index (κ2) is 3.87. The molecule has 0 unspecified atom stereocenters. The smallest absolute Gasteiger partial charge is 0.131 e. The van der Waals surface area contributed by atoms with E-state index in [2.05, 4.69) is 32.0 Å². The average molecular weight is 241 g/mol. The molecule has 0 radical (unpaired) electrons. The Bertz CT molecular complexity index is 606. The van der Waals surface area contributed by atoms with E-state index in [1.807, 2.05) is 11.6 Å². The molecule has 1 saturated carbocycles. The number of hydrogen-bond acceptors (Lipinski definition) is 2. The molecule has 1 aliphatic rings. The van der Waals surface area contributed by atoms with Crippen molar-refractivity contribution in [2.75, 3.05) is 5.73 Å². The Labute approximate surface area is 108 Å². The van der Waals surface area contributed by atoms with Crippen LogP contribution in [-0.2, 0) is 7.05 Å². The highest BCUT2D eigenvalue weighted by molar-refractivity contribution is 5.74. The van der Waals surface area contributed by atoms with Gasteiger partial charge in [0.15, 0.2) is 0 Å². The van der Waals surface area contributed by atoms with E-state index < -0.39 is 0 Å². The van der Waals surface area contributed by atoms with Crippen molar-refractivity contribution < 1.29 is 0 Å². The molecule has 94 valence electrons. The molecule has 0 saturated heterocycles. The second-order valence-electron chi connectivity index (χ2n) is 5.36. The van der Waals surface area contributed by atoms with Crippen LogP contribution in [-0.4, -0.2) is 9.55 Å². The molecule has 0 spiro atoms. The molecule has 0 bridgehead atoms. The van der Waals surface area contributed by atoms with E-state index in [1.54, 1.807) is 0 Å². The highest BCUT2D eigenvalue weighted by atomic mass is 15.1. The molecule has 1 aromatic carbocycles. The first-order valence-electron chi connectivity index (χ1n) is 6.47. The van der Waals surface area contributed by atoms with Crippen LogP contribution >= 0.6 is 0 Å². The Morgan fingerprint density at radius 2 is 2.00 bits per heavy atom. The molecule has 2 N–H and O–H groups in total. The molecular weight excluding hydrogens is 222 g/mol. The SMILES string of the molecule is Cc1ccc(-c2nc(C3CC3)n(C)c2N)c(C)c1. The molecule has 0 atom stereocenters. The molecule has 18 heavy (non-hydrogen) atoms. The number of anilines is 1. The van der Waals surface area contributed by atoms with Crippen LogP contribution in [0.5, 0.6) is 0 Å². The Morgan fingerprint density at radius 3 is 2.61 bits per heavy atom. The van der Waals surface area contributed by atoms with E-state index in [4.69, 9.17) is 10.7 Å². The predicted octanol–water partition coefficient (Wildman–Crippen LogP) is 3.16. The standard InChI is InChI=1S/C15H19N3/c1-9-4-7-12(10(2)8-9)13-14(16)18(3)15(17-13)11-5-6-11/h4,7-8,11H,5-6,16H2,1-3H3. The van der Waals surface area contributed by atoms with Crippen molar-refractivity contribution in [1.29, 1.82) is 0 Å². The molecule has 2 aromatic rings. The van der Waals surface area contributed by atoms with Crippen molar-refractivity contribution >= 4 is 5.82 Å². The van der Waals surface area contributed by atoms with Gasteiger partial charge in [0.05, 0.1) is 0 Å². The number of rotatable bonds is 2. The van der Waals surface area contributed by atoms with Crippen molar-refractivity contribution in [2.24, 2.45) is 7.05 Å². The predicted molar refractivity (Wildman–Crippen MR) is 74.5 cm³/mol. The van der Waals surface area contributed by atoms with Gasteiger partial charge in [0.25, 0.3) is 0 Å². The van der Waals surface area contributed by atoms with Gasteiger partial charge >= 0.3 is 0 Å². The Morgan fingerprint density at radius 1 is 1.28 bits per heavy atom. The first-order chi connectivity index (χ1) is 8.58. The zero-order chi connectivity index (χ0) is 12.9. The number of aryl methyl sites for hydroxylation is 2. The molecule has 1 aliphatic carbocycles. The molecule has 0 amide bonds. The van der Waals surface area contributed by atoms with Crippen molar-refractivity contribution in [2.45, 2.75) is 32.6 Å². The summed E-state index contributed by atoms with van der Waals surface area (Å²) in [7, 11) is 2.02. The van der Waals surface area contributed by atoms with Crippen molar-refractivity contribution in [1.82, 2.24) is 9.55 Å². The summed E-state index contributed by atoms with van der Waals surface area (Å²) < 4.78 is 2.05. The van der Waals surface area contributed by atoms with Crippen molar-refractivity contribution in [3.05, 3.63) is 35.2 Å². The molecule has 1 fully saturated rings. The lowest BCUT2D eigenvalue weighted by Crippen LogP contribution is -2.00. The molecule has 1 aromatic heterocycles. The molecule has 3 nitrogen and oxygen atoms in total. The van der Waals surface area contributed by atoms with E-state index in [1.165, 1.54) is 24.0 Å². The number of imidazole rings is 1. The zero-order valence-corrected chi connectivity index (χ0v) is 11.2. The molecular formula is C15H19N3. The van der Waals surface area contributed by atoms with Gasteiger partial charge in [0.2, 0.25) is 0 Å². The van der Waals surface area contributed by atoms with E-state index >= 15 is 0 Å². The summed E-state index contributed by atoms with van der Waals surface area (Å²) in [5.41, 5.74) is 10.8. The Kier molecular flexibility index (Phi) is 2.44. The van der Waals surface area contributed by atoms with E-state index in [9.17, 15) is 0 Å². The first-order valence-corrected chi connectivity index (χ1v) is 6.47. The van der Waals surface area contributed by atoms with Gasteiger partial charge in [-0.05, 0) is 32.3 Å². The lowest BCUT2D eigenvalue weighted by molar-refractivity contribution is 0.807. The van der Waals surface area contributed by atoms with Crippen LogP contribution in [0, 0.1) is 13.8 Å². The minimum Gasteiger partial charge on any atom is -0.383 e. The summed E-state index contributed by atoms with van der Waals surface area (Å²) >= 11 is 0. The Hall–Kier alpha value is -1.77. The van der Waals surface area contributed by atoms with Crippen LogP contribution in [0.15, 0.2) is 18.2 Å². The summed E-state index contributed by atoms with van der Waals surface area (Å²) in [5.74, 6) is 2.54. The molecule has 1 heterocycles. The van der Waals surface area contributed by atoms with Gasteiger partial charge in [-0.15, -0.1) is 0 Å². The largest absolute Gasteiger partial charge is 0.383 e. The number of aromatic nitrogens is 2. The number of benzene rings is 1. The third-order valence-corrected chi connectivity index (χ3v) is 3.75. The summed E-state index contributed by atoms with van der Waals surface area (Å²) in [6.45, 7) is 4.22. The maximum Gasteiger partial charge on any atom is 0.131 e. The van der Waals surface area contributed by atoms with Crippen LogP contribution in [0.1, 0.15) is 35.7 Å². The fraction of sp³-hybridized carbons (Fsp3) is 0.400. The van der Waals surface area contributed by atoms with Gasteiger partial charge < -0.3 is 10.3 Å². The second-order valence-corrected chi connectivity index (χ2v) is 5.36. The fourth-order valence-electron chi connectivity index (χ4n) is 2.51. The van der Waals surface area contributed by atoms with Gasteiger partial charge in [-0.3, -0.25) is 0 Å². The van der Waals surface area contributed by atoms with Crippen molar-refractivity contribution in [3.8, 4) is 11.3 Å². The van der Waals surface area contributed by atoms with Gasteiger partial charge in [-0.2, -0.15) is 0 Å². The minimum absolute atomic E-state index is 0.622. The van der Waals surface area contributed by atoms with Gasteiger partial charge in [-0.25, -0.2) is 4.98 Å². The maximum atomic E-state index is 6.21. The van der Waals surface area contributed by atoms with E-state index in [-0.39, 0.29) is 0 Å². The number of nitrogens with zero attached hydrogens (tertiary/aromatic N) is 2. The quantitative estimate of drug-likeness (QED) is 0.877. The molecule has 0 aliphatic heterocycles. The van der Waals surface area contributed by atoms with Crippen LogP contribution in [0.25, 0.3) is 11.3 Å². The van der Waals surface area contributed by atoms with Crippen LogP contribution in [0.2, 0.25) is 0 Å². The van der Waals surface area contributed by atoms with Crippen LogP contribution < -0.4 is 5.73 Å². The number of nitrogen functional groups attached to an aromatic ring is 1. The van der Waals surface area contributed by atoms with Crippen molar-refractivity contribution in [3.63, 3.8) is 0 Å². The first kappa shape index (κ1) is 11.3. The van der Waals surface area contributed by atoms with Gasteiger partial charge in [0.1, 0.15) is 17.3 Å². The fourth-order valence-corrected chi connectivity index (χ4v) is 2.51. The highest BCUT2D eigenvalue weighted by Crippen LogP contribution is 2.42. The highest BCUT2D eigenvalue weighted by Gasteiger charge is 2.30.